The van der Waals surface area contributed by atoms with Gasteiger partial charge in [-0.05, 0) is 37.6 Å². The number of nitro groups is 1. The van der Waals surface area contributed by atoms with E-state index in [0.29, 0.717) is 5.56 Å². The molecule has 0 atom stereocenters. The Morgan fingerprint density at radius 3 is 1.87 bits per heavy atom. The normalized spacial score (nSPS) is 16.5. The van der Waals surface area contributed by atoms with Gasteiger partial charge in [0.2, 0.25) is 20.0 Å². The van der Waals surface area contributed by atoms with Crippen LogP contribution in [0.1, 0.15) is 11.1 Å². The van der Waals surface area contributed by atoms with Gasteiger partial charge in [0.15, 0.2) is 4.90 Å². The molecule has 0 amide bonds. The maximum Gasteiger partial charge on any atom is 0.290 e. The SMILES string of the molecule is Cc1ccc(S(=O)(=O)N2CCN(S(=O)(=O)c3ccc(Cl)cc3[N+](=O)[O-])CC2)c(C)c1. The monoisotopic (exact) mass is 473 g/mol. The molecular weight excluding hydrogens is 454 g/mol. The largest absolute Gasteiger partial charge is 0.290 e. The second-order valence-electron chi connectivity index (χ2n) is 6.95. The molecule has 0 unspecified atom stereocenters. The minimum atomic E-state index is -4.19. The topological polar surface area (TPSA) is 118 Å². The Kier molecular flexibility index (Phi) is 6.21. The fourth-order valence-corrected chi connectivity index (χ4v) is 6.72. The smallest absolute Gasteiger partial charge is 0.258 e. The fourth-order valence-electron chi connectivity index (χ4n) is 3.37. The van der Waals surface area contributed by atoms with E-state index in [1.807, 2.05) is 6.92 Å². The number of piperazine rings is 1. The predicted molar refractivity (Wildman–Crippen MR) is 112 cm³/mol. The first kappa shape index (κ1) is 22.6. The maximum absolute atomic E-state index is 13.0. The minimum absolute atomic E-state index is 0.0463. The van der Waals surface area contributed by atoms with Gasteiger partial charge < -0.3 is 0 Å². The summed E-state index contributed by atoms with van der Waals surface area (Å²) in [5, 5.41) is 11.3. The summed E-state index contributed by atoms with van der Waals surface area (Å²) in [6, 6.07) is 8.36. The lowest BCUT2D eigenvalue weighted by molar-refractivity contribution is -0.387. The van der Waals surface area contributed by atoms with Gasteiger partial charge >= 0.3 is 0 Å². The molecule has 1 fully saturated rings. The summed E-state index contributed by atoms with van der Waals surface area (Å²) in [6.45, 7) is 3.22. The molecule has 12 heteroatoms. The van der Waals surface area contributed by atoms with E-state index in [1.54, 1.807) is 25.1 Å². The Morgan fingerprint density at radius 1 is 0.867 bits per heavy atom. The van der Waals surface area contributed by atoms with E-state index in [-0.39, 0.29) is 36.1 Å². The number of sulfonamides is 2. The van der Waals surface area contributed by atoms with Gasteiger partial charge in [-0.15, -0.1) is 0 Å². The van der Waals surface area contributed by atoms with E-state index < -0.39 is 35.6 Å². The van der Waals surface area contributed by atoms with Gasteiger partial charge in [0, 0.05) is 37.3 Å². The van der Waals surface area contributed by atoms with Crippen LogP contribution in [-0.2, 0) is 20.0 Å². The van der Waals surface area contributed by atoms with Crippen LogP contribution in [0.2, 0.25) is 5.02 Å². The highest BCUT2D eigenvalue weighted by Crippen LogP contribution is 2.31. The van der Waals surface area contributed by atoms with Crippen LogP contribution < -0.4 is 0 Å². The summed E-state index contributed by atoms with van der Waals surface area (Å²) in [7, 11) is -7.97. The van der Waals surface area contributed by atoms with E-state index in [0.717, 1.165) is 22.0 Å². The number of halogens is 1. The lowest BCUT2D eigenvalue weighted by Gasteiger charge is -2.33. The van der Waals surface area contributed by atoms with Gasteiger partial charge in [0.25, 0.3) is 5.69 Å². The molecule has 2 aromatic carbocycles. The Bertz CT molecular complexity index is 1210. The molecule has 1 aliphatic rings. The van der Waals surface area contributed by atoms with Crippen molar-refractivity contribution in [2.45, 2.75) is 23.6 Å². The van der Waals surface area contributed by atoms with Gasteiger partial charge in [0.1, 0.15) is 0 Å². The van der Waals surface area contributed by atoms with Crippen LogP contribution in [0.25, 0.3) is 0 Å². The molecule has 9 nitrogen and oxygen atoms in total. The molecular formula is C18H20ClN3O6S2. The van der Waals surface area contributed by atoms with Gasteiger partial charge in [-0.25, -0.2) is 16.8 Å². The highest BCUT2D eigenvalue weighted by molar-refractivity contribution is 7.89. The molecule has 0 saturated carbocycles. The molecule has 0 radical (unpaired) electrons. The van der Waals surface area contributed by atoms with Crippen LogP contribution in [0.15, 0.2) is 46.2 Å². The highest BCUT2D eigenvalue weighted by atomic mass is 35.5. The second kappa shape index (κ2) is 8.23. The zero-order valence-electron chi connectivity index (χ0n) is 16.3. The van der Waals surface area contributed by atoms with Crippen molar-refractivity contribution in [3.63, 3.8) is 0 Å². The summed E-state index contributed by atoms with van der Waals surface area (Å²) >= 11 is 5.76. The quantitative estimate of drug-likeness (QED) is 0.486. The zero-order valence-corrected chi connectivity index (χ0v) is 18.7. The minimum Gasteiger partial charge on any atom is -0.258 e. The number of rotatable bonds is 5. The molecule has 0 bridgehead atoms. The molecule has 1 aliphatic heterocycles. The molecule has 2 aromatic rings. The van der Waals surface area contributed by atoms with Crippen molar-refractivity contribution in [3.8, 4) is 0 Å². The number of nitro benzene ring substituents is 1. The molecule has 0 N–H and O–H groups in total. The summed E-state index contributed by atoms with van der Waals surface area (Å²) in [4.78, 5) is 10.2. The first-order chi connectivity index (χ1) is 13.9. The standard InChI is InChI=1S/C18H20ClN3O6S2/c1-13-3-5-17(14(2)11-13)29(25,26)20-7-9-21(10-8-20)30(27,28)18-6-4-15(19)12-16(18)22(23)24/h3-6,11-12H,7-10H2,1-2H3. The molecule has 162 valence electrons. The highest BCUT2D eigenvalue weighted by Gasteiger charge is 2.37. The van der Waals surface area contributed by atoms with Crippen molar-refractivity contribution in [1.82, 2.24) is 8.61 Å². The number of hydrogen-bond acceptors (Lipinski definition) is 6. The third kappa shape index (κ3) is 4.21. The van der Waals surface area contributed by atoms with Crippen molar-refractivity contribution in [3.05, 3.63) is 62.7 Å². The lowest BCUT2D eigenvalue weighted by atomic mass is 10.2. The van der Waals surface area contributed by atoms with Crippen LogP contribution >= 0.6 is 11.6 Å². The average Bonchev–Trinajstić information content (AvgIpc) is 2.67. The van der Waals surface area contributed by atoms with Crippen molar-refractivity contribution in [2.24, 2.45) is 0 Å². The number of aryl methyl sites for hydroxylation is 2. The van der Waals surface area contributed by atoms with Crippen molar-refractivity contribution < 1.29 is 21.8 Å². The third-order valence-electron chi connectivity index (χ3n) is 4.88. The third-order valence-corrected chi connectivity index (χ3v) is 9.12. The van der Waals surface area contributed by atoms with Gasteiger partial charge in [-0.1, -0.05) is 29.3 Å². The number of nitrogens with zero attached hydrogens (tertiary/aromatic N) is 3. The molecule has 1 saturated heterocycles. The zero-order chi connectivity index (χ0) is 22.3. The van der Waals surface area contributed by atoms with E-state index in [1.165, 1.54) is 10.4 Å². The molecule has 0 spiro atoms. The maximum atomic E-state index is 13.0. The predicted octanol–water partition coefficient (Wildman–Crippen LogP) is 2.56. The van der Waals surface area contributed by atoms with Crippen LogP contribution in [0, 0.1) is 24.0 Å². The molecule has 30 heavy (non-hydrogen) atoms. The molecule has 3 rings (SSSR count). The molecule has 0 aliphatic carbocycles. The van der Waals surface area contributed by atoms with E-state index in [9.17, 15) is 26.9 Å². The Hall–Kier alpha value is -2.05. The second-order valence-corrected chi connectivity index (χ2v) is 11.2. The Morgan fingerprint density at radius 2 is 1.37 bits per heavy atom. The van der Waals surface area contributed by atoms with Gasteiger partial charge in [0.05, 0.1) is 9.82 Å². The van der Waals surface area contributed by atoms with Gasteiger partial charge in [-0.3, -0.25) is 10.1 Å². The number of benzene rings is 2. The van der Waals surface area contributed by atoms with Crippen LogP contribution in [0.4, 0.5) is 5.69 Å². The van der Waals surface area contributed by atoms with E-state index in [4.69, 9.17) is 11.6 Å². The van der Waals surface area contributed by atoms with Gasteiger partial charge in [-0.2, -0.15) is 8.61 Å². The first-order valence-electron chi connectivity index (χ1n) is 8.96. The molecule has 0 aromatic heterocycles. The van der Waals surface area contributed by atoms with Crippen molar-refractivity contribution in [1.29, 1.82) is 0 Å². The molecule has 1 heterocycles. The summed E-state index contributed by atoms with van der Waals surface area (Å²) in [6.07, 6.45) is 0. The number of hydrogen-bond donors (Lipinski definition) is 0. The van der Waals surface area contributed by atoms with E-state index in [2.05, 4.69) is 0 Å². The summed E-state index contributed by atoms with van der Waals surface area (Å²) in [5.41, 5.74) is 0.932. The Labute approximate surface area is 180 Å². The lowest BCUT2D eigenvalue weighted by Crippen LogP contribution is -2.50. The van der Waals surface area contributed by atoms with Crippen LogP contribution in [-0.4, -0.2) is 56.5 Å². The van der Waals surface area contributed by atoms with E-state index >= 15 is 0 Å². The van der Waals surface area contributed by atoms with Crippen LogP contribution in [0.5, 0.6) is 0 Å². The summed E-state index contributed by atoms with van der Waals surface area (Å²) in [5.74, 6) is 0. The van der Waals surface area contributed by atoms with Crippen LogP contribution in [0.3, 0.4) is 0 Å². The Balaban J connectivity index is 1.84. The van der Waals surface area contributed by atoms with Crippen molar-refractivity contribution >= 4 is 37.3 Å². The first-order valence-corrected chi connectivity index (χ1v) is 12.2. The summed E-state index contributed by atoms with van der Waals surface area (Å²) < 4.78 is 54.1. The fraction of sp³-hybridized carbons (Fsp3) is 0.333. The van der Waals surface area contributed by atoms with Crippen molar-refractivity contribution in [2.75, 3.05) is 26.2 Å². The average molecular weight is 474 g/mol.